The fourth-order valence-electron chi connectivity index (χ4n) is 2.43. The Hall–Kier alpha value is -0.990. The Morgan fingerprint density at radius 3 is 2.81 bits per heavy atom. The van der Waals surface area contributed by atoms with Gasteiger partial charge in [-0.15, -0.1) is 0 Å². The van der Waals surface area contributed by atoms with Crippen LogP contribution in [0.4, 0.5) is 0 Å². The van der Waals surface area contributed by atoms with Crippen LogP contribution in [0.1, 0.15) is 18.5 Å². The first-order chi connectivity index (χ1) is 7.81. The minimum absolute atomic E-state index is 0.794. The standard InChI is InChI=1S/C13H15ClN2/c14-11-4-3-10-7-12(15-13(10)8-11)9-16-5-1-2-6-16/h3-4,7-8,15H,1-2,5-6,9H2. The number of H-pyrrole nitrogens is 1. The molecule has 0 aliphatic carbocycles. The molecule has 0 bridgehead atoms. The molecular weight excluding hydrogens is 220 g/mol. The molecular formula is C13H15ClN2. The molecule has 1 aliphatic rings. The molecule has 0 saturated carbocycles. The van der Waals surface area contributed by atoms with Crippen LogP contribution in [0.3, 0.4) is 0 Å². The lowest BCUT2D eigenvalue weighted by atomic mass is 10.2. The SMILES string of the molecule is Clc1ccc2cc(CN3CCCC3)[nH]c2c1. The van der Waals surface area contributed by atoms with Gasteiger partial charge in [0.05, 0.1) is 0 Å². The number of aromatic nitrogens is 1. The maximum absolute atomic E-state index is 5.97. The van der Waals surface area contributed by atoms with Crippen LogP contribution in [0.15, 0.2) is 24.3 Å². The number of rotatable bonds is 2. The zero-order valence-electron chi connectivity index (χ0n) is 9.17. The van der Waals surface area contributed by atoms with E-state index in [4.69, 9.17) is 11.6 Å². The number of aromatic amines is 1. The van der Waals surface area contributed by atoms with E-state index in [1.165, 1.54) is 37.0 Å². The highest BCUT2D eigenvalue weighted by atomic mass is 35.5. The Balaban J connectivity index is 1.86. The number of nitrogens with zero attached hydrogens (tertiary/aromatic N) is 1. The van der Waals surface area contributed by atoms with Gasteiger partial charge in [0.15, 0.2) is 0 Å². The summed E-state index contributed by atoms with van der Waals surface area (Å²) < 4.78 is 0. The zero-order chi connectivity index (χ0) is 11.0. The average Bonchev–Trinajstić information content (AvgIpc) is 2.86. The molecule has 2 nitrogen and oxygen atoms in total. The third-order valence-electron chi connectivity index (χ3n) is 3.23. The fraction of sp³-hybridized carbons (Fsp3) is 0.385. The average molecular weight is 235 g/mol. The Bertz CT molecular complexity index is 498. The molecule has 2 aromatic rings. The van der Waals surface area contributed by atoms with Crippen molar-refractivity contribution in [2.75, 3.05) is 13.1 Å². The molecule has 84 valence electrons. The van der Waals surface area contributed by atoms with Gasteiger partial charge in [-0.25, -0.2) is 0 Å². The molecule has 3 rings (SSSR count). The third kappa shape index (κ3) is 1.95. The Morgan fingerprint density at radius 1 is 1.19 bits per heavy atom. The molecule has 1 aliphatic heterocycles. The predicted octanol–water partition coefficient (Wildman–Crippen LogP) is 3.42. The summed E-state index contributed by atoms with van der Waals surface area (Å²) in [4.78, 5) is 5.93. The highest BCUT2D eigenvalue weighted by molar-refractivity contribution is 6.31. The molecule has 16 heavy (non-hydrogen) atoms. The Labute approximate surface area is 100 Å². The molecule has 1 aromatic carbocycles. The van der Waals surface area contributed by atoms with Crippen LogP contribution in [0.5, 0.6) is 0 Å². The van der Waals surface area contributed by atoms with Crippen LogP contribution >= 0.6 is 11.6 Å². The van der Waals surface area contributed by atoms with Crippen molar-refractivity contribution in [3.05, 3.63) is 35.0 Å². The van der Waals surface area contributed by atoms with Crippen molar-refractivity contribution >= 4 is 22.5 Å². The normalized spacial score (nSPS) is 17.3. The van der Waals surface area contributed by atoms with Crippen molar-refractivity contribution in [2.45, 2.75) is 19.4 Å². The monoisotopic (exact) mass is 234 g/mol. The quantitative estimate of drug-likeness (QED) is 0.844. The van der Waals surface area contributed by atoms with Crippen molar-refractivity contribution < 1.29 is 0 Å². The topological polar surface area (TPSA) is 19.0 Å². The number of hydrogen-bond donors (Lipinski definition) is 1. The molecule has 3 heteroatoms. The molecule has 1 saturated heterocycles. The molecule has 1 N–H and O–H groups in total. The van der Waals surface area contributed by atoms with Crippen LogP contribution in [0.2, 0.25) is 5.02 Å². The first kappa shape index (κ1) is 10.2. The summed E-state index contributed by atoms with van der Waals surface area (Å²) in [5.74, 6) is 0. The van der Waals surface area contributed by atoms with Gasteiger partial charge >= 0.3 is 0 Å². The van der Waals surface area contributed by atoms with E-state index in [-0.39, 0.29) is 0 Å². The third-order valence-corrected chi connectivity index (χ3v) is 3.47. The van der Waals surface area contributed by atoms with Crippen molar-refractivity contribution in [1.82, 2.24) is 9.88 Å². The van der Waals surface area contributed by atoms with Crippen LogP contribution < -0.4 is 0 Å². The first-order valence-electron chi connectivity index (χ1n) is 5.81. The van der Waals surface area contributed by atoms with Gasteiger partial charge in [-0.2, -0.15) is 0 Å². The summed E-state index contributed by atoms with van der Waals surface area (Å²) in [6, 6.07) is 8.23. The van der Waals surface area contributed by atoms with Crippen LogP contribution in [0, 0.1) is 0 Å². The van der Waals surface area contributed by atoms with Crippen LogP contribution in [-0.2, 0) is 6.54 Å². The summed E-state index contributed by atoms with van der Waals surface area (Å²) in [7, 11) is 0. The lowest BCUT2D eigenvalue weighted by Crippen LogP contribution is -2.18. The van der Waals surface area contributed by atoms with E-state index in [0.29, 0.717) is 0 Å². The van der Waals surface area contributed by atoms with E-state index in [1.807, 2.05) is 12.1 Å². The molecule has 1 fully saturated rings. The highest BCUT2D eigenvalue weighted by Crippen LogP contribution is 2.21. The van der Waals surface area contributed by atoms with Gasteiger partial charge in [0.2, 0.25) is 0 Å². The van der Waals surface area contributed by atoms with Crippen LogP contribution in [0.25, 0.3) is 10.9 Å². The van der Waals surface area contributed by atoms with Crippen molar-refractivity contribution in [2.24, 2.45) is 0 Å². The van der Waals surface area contributed by atoms with E-state index in [1.54, 1.807) is 0 Å². The van der Waals surface area contributed by atoms with Gasteiger partial charge in [-0.3, -0.25) is 4.90 Å². The molecule has 2 heterocycles. The number of likely N-dealkylation sites (tertiary alicyclic amines) is 1. The lowest BCUT2D eigenvalue weighted by Gasteiger charge is -2.12. The van der Waals surface area contributed by atoms with Gasteiger partial charge in [0.1, 0.15) is 0 Å². The maximum Gasteiger partial charge on any atom is 0.0471 e. The second kappa shape index (κ2) is 4.11. The van der Waals surface area contributed by atoms with Crippen molar-refractivity contribution in [3.8, 4) is 0 Å². The summed E-state index contributed by atoms with van der Waals surface area (Å²) >= 11 is 5.97. The molecule has 0 amide bonds. The predicted molar refractivity (Wildman–Crippen MR) is 67.8 cm³/mol. The van der Waals surface area contributed by atoms with Gasteiger partial charge in [0, 0.05) is 22.8 Å². The number of fused-ring (bicyclic) bond motifs is 1. The number of nitrogens with one attached hydrogen (secondary N) is 1. The second-order valence-corrected chi connectivity index (χ2v) is 4.95. The van der Waals surface area contributed by atoms with E-state index in [2.05, 4.69) is 22.0 Å². The number of halogens is 1. The van der Waals surface area contributed by atoms with Gasteiger partial charge in [0.25, 0.3) is 0 Å². The van der Waals surface area contributed by atoms with Gasteiger partial charge in [-0.1, -0.05) is 17.7 Å². The maximum atomic E-state index is 5.97. The largest absolute Gasteiger partial charge is 0.357 e. The number of benzene rings is 1. The minimum atomic E-state index is 0.794. The van der Waals surface area contributed by atoms with E-state index in [9.17, 15) is 0 Å². The van der Waals surface area contributed by atoms with Crippen LogP contribution in [-0.4, -0.2) is 23.0 Å². The highest BCUT2D eigenvalue weighted by Gasteiger charge is 2.12. The number of hydrogen-bond acceptors (Lipinski definition) is 1. The summed E-state index contributed by atoms with van der Waals surface area (Å²) in [6.07, 6.45) is 2.68. The summed E-state index contributed by atoms with van der Waals surface area (Å²) in [6.45, 7) is 3.50. The van der Waals surface area contributed by atoms with Crippen molar-refractivity contribution in [3.63, 3.8) is 0 Å². The van der Waals surface area contributed by atoms with Crippen molar-refractivity contribution in [1.29, 1.82) is 0 Å². The lowest BCUT2D eigenvalue weighted by molar-refractivity contribution is 0.328. The molecule has 1 aromatic heterocycles. The van der Waals surface area contributed by atoms with E-state index >= 15 is 0 Å². The zero-order valence-corrected chi connectivity index (χ0v) is 9.93. The van der Waals surface area contributed by atoms with E-state index in [0.717, 1.165) is 17.1 Å². The first-order valence-corrected chi connectivity index (χ1v) is 6.18. The Morgan fingerprint density at radius 2 is 2.00 bits per heavy atom. The second-order valence-electron chi connectivity index (χ2n) is 4.51. The smallest absolute Gasteiger partial charge is 0.0471 e. The molecule has 0 radical (unpaired) electrons. The summed E-state index contributed by atoms with van der Waals surface area (Å²) in [5, 5.41) is 2.04. The fourth-order valence-corrected chi connectivity index (χ4v) is 2.60. The summed E-state index contributed by atoms with van der Waals surface area (Å²) in [5.41, 5.74) is 2.43. The Kier molecular flexibility index (Phi) is 2.62. The van der Waals surface area contributed by atoms with E-state index < -0.39 is 0 Å². The molecule has 0 unspecified atom stereocenters. The molecule has 0 atom stereocenters. The molecule has 0 spiro atoms. The van der Waals surface area contributed by atoms with Gasteiger partial charge < -0.3 is 4.98 Å². The minimum Gasteiger partial charge on any atom is -0.357 e. The van der Waals surface area contributed by atoms with Gasteiger partial charge in [-0.05, 0) is 49.5 Å².